The zero-order valence-electron chi connectivity index (χ0n) is 21.9. The van der Waals surface area contributed by atoms with Crippen molar-refractivity contribution in [2.75, 3.05) is 37.7 Å². The Morgan fingerprint density at radius 2 is 1.76 bits per heavy atom. The molecule has 2 aromatic carbocycles. The predicted molar refractivity (Wildman–Crippen MR) is 147 cm³/mol. The molecule has 0 amide bonds. The summed E-state index contributed by atoms with van der Waals surface area (Å²) in [4.78, 5) is 25.6. The van der Waals surface area contributed by atoms with E-state index in [0.717, 1.165) is 29.7 Å². The fraction of sp³-hybridized carbons (Fsp3) is 0.385. The summed E-state index contributed by atoms with van der Waals surface area (Å²) in [7, 11) is -3.79. The van der Waals surface area contributed by atoms with Crippen molar-refractivity contribution < 1.29 is 26.9 Å². The summed E-state index contributed by atoms with van der Waals surface area (Å²) < 4.78 is 62.1. The number of hydrogen-bond donors (Lipinski definition) is 0. The molecule has 0 unspecified atom stereocenters. The van der Waals surface area contributed by atoms with E-state index in [2.05, 4.69) is 5.10 Å². The topological polar surface area (TPSA) is 128 Å². The molecule has 0 atom stereocenters. The number of aromatic nitrogens is 2. The molecule has 218 valence electrons. The number of halogens is 3. The Kier molecular flexibility index (Phi) is 7.74. The first-order chi connectivity index (χ1) is 19.3. The van der Waals surface area contributed by atoms with Gasteiger partial charge in [0.15, 0.2) is 0 Å². The molecular formula is C26H26ClF2N5O6S. The predicted octanol–water partition coefficient (Wildman–Crippen LogP) is 3.90. The van der Waals surface area contributed by atoms with E-state index < -0.39 is 32.1 Å². The normalized spacial score (nSPS) is 16.9. The van der Waals surface area contributed by atoms with Gasteiger partial charge in [0.1, 0.15) is 22.3 Å². The Hall–Kier alpha value is -3.62. The second kappa shape index (κ2) is 11.0. The van der Waals surface area contributed by atoms with E-state index in [4.69, 9.17) is 16.3 Å². The molecule has 1 aliphatic carbocycles. The van der Waals surface area contributed by atoms with Crippen LogP contribution in [-0.2, 0) is 15.8 Å². The summed E-state index contributed by atoms with van der Waals surface area (Å²) >= 11 is 5.94. The maximum Gasteiger partial charge on any atom is 0.316 e. The summed E-state index contributed by atoms with van der Waals surface area (Å²) in [6, 6.07) is 6.46. The zero-order valence-corrected chi connectivity index (χ0v) is 23.5. The third-order valence-corrected chi connectivity index (χ3v) is 9.36. The van der Waals surface area contributed by atoms with Crippen LogP contribution in [0.15, 0.2) is 47.4 Å². The molecule has 1 saturated carbocycles. The fourth-order valence-corrected chi connectivity index (χ4v) is 6.31. The first-order valence-electron chi connectivity index (χ1n) is 12.7. The highest BCUT2D eigenvalue weighted by Gasteiger charge is 2.39. The minimum Gasteiger partial charge on any atom is -0.486 e. The van der Waals surface area contributed by atoms with Crippen LogP contribution in [-0.4, -0.2) is 60.2 Å². The van der Waals surface area contributed by atoms with E-state index in [1.807, 2.05) is 6.92 Å². The Bertz CT molecular complexity index is 1650. The van der Waals surface area contributed by atoms with Gasteiger partial charge in [-0.25, -0.2) is 17.2 Å². The van der Waals surface area contributed by atoms with E-state index in [1.165, 1.54) is 28.7 Å². The van der Waals surface area contributed by atoms with Gasteiger partial charge in [-0.3, -0.25) is 14.9 Å². The Morgan fingerprint density at radius 3 is 2.34 bits per heavy atom. The van der Waals surface area contributed by atoms with Crippen molar-refractivity contribution >= 4 is 33.0 Å². The van der Waals surface area contributed by atoms with E-state index in [9.17, 15) is 32.1 Å². The first kappa shape index (κ1) is 28.9. The van der Waals surface area contributed by atoms with Crippen LogP contribution < -0.4 is 15.2 Å². The number of nitrogens with zero attached hydrogens (tertiary/aromatic N) is 5. The largest absolute Gasteiger partial charge is 0.486 e. The van der Waals surface area contributed by atoms with Gasteiger partial charge in [0, 0.05) is 43.7 Å². The quantitative estimate of drug-likeness (QED) is 0.264. The second-order valence-corrected chi connectivity index (χ2v) is 12.9. The average Bonchev–Trinajstić information content (AvgIpc) is 3.64. The molecule has 11 nitrogen and oxygen atoms in total. The maximum atomic E-state index is 13.9. The molecule has 2 aliphatic rings. The Balaban J connectivity index is 1.36. The number of piperazine rings is 1. The lowest BCUT2D eigenvalue weighted by molar-refractivity contribution is -0.384. The molecule has 0 spiro atoms. The summed E-state index contributed by atoms with van der Waals surface area (Å²) in [5.41, 5.74) is -0.504. The van der Waals surface area contributed by atoms with Gasteiger partial charge in [-0.1, -0.05) is 24.6 Å². The van der Waals surface area contributed by atoms with Crippen LogP contribution in [0.2, 0.25) is 5.02 Å². The Labute approximate surface area is 239 Å². The summed E-state index contributed by atoms with van der Waals surface area (Å²) in [6.07, 6.45) is 3.25. The highest BCUT2D eigenvalue weighted by molar-refractivity contribution is 7.88. The van der Waals surface area contributed by atoms with Crippen molar-refractivity contribution in [3.05, 3.63) is 85.3 Å². The van der Waals surface area contributed by atoms with Crippen LogP contribution >= 0.6 is 11.6 Å². The van der Waals surface area contributed by atoms with Crippen LogP contribution in [0.4, 0.5) is 20.2 Å². The van der Waals surface area contributed by atoms with Crippen LogP contribution in [0, 0.1) is 27.2 Å². The van der Waals surface area contributed by atoms with Gasteiger partial charge in [-0.15, -0.1) is 0 Å². The molecule has 1 aromatic heterocycles. The van der Waals surface area contributed by atoms with Crippen molar-refractivity contribution in [3.8, 4) is 11.4 Å². The average molecular weight is 610 g/mol. The van der Waals surface area contributed by atoms with Gasteiger partial charge in [0.05, 0.1) is 29.2 Å². The highest BCUT2D eigenvalue weighted by Crippen LogP contribution is 2.45. The molecule has 41 heavy (non-hydrogen) atoms. The molecule has 5 rings (SSSR count). The number of nitro benzene ring substituents is 1. The van der Waals surface area contributed by atoms with Gasteiger partial charge in [-0.2, -0.15) is 14.1 Å². The van der Waals surface area contributed by atoms with Crippen molar-refractivity contribution in [2.24, 2.45) is 5.41 Å². The van der Waals surface area contributed by atoms with Crippen molar-refractivity contribution in [1.82, 2.24) is 14.1 Å². The van der Waals surface area contributed by atoms with Gasteiger partial charge in [0.25, 0.3) is 5.69 Å². The fourth-order valence-electron chi connectivity index (χ4n) is 4.54. The van der Waals surface area contributed by atoms with Crippen LogP contribution in [0.5, 0.6) is 5.75 Å². The molecule has 1 saturated heterocycles. The maximum absolute atomic E-state index is 13.9. The first-order valence-corrected chi connectivity index (χ1v) is 14.7. The molecule has 2 fully saturated rings. The number of ether oxygens (including phenoxy) is 1. The van der Waals surface area contributed by atoms with Crippen LogP contribution in [0.1, 0.15) is 25.3 Å². The molecule has 0 N–H and O–H groups in total. The lowest BCUT2D eigenvalue weighted by Gasteiger charge is -2.35. The van der Waals surface area contributed by atoms with Gasteiger partial charge >= 0.3 is 5.56 Å². The Morgan fingerprint density at radius 1 is 1.10 bits per heavy atom. The minimum absolute atomic E-state index is 0.0328. The number of hydrogen-bond acceptors (Lipinski definition) is 8. The molecule has 2 heterocycles. The second-order valence-electron chi connectivity index (χ2n) is 10.5. The number of nitro groups is 1. The van der Waals surface area contributed by atoms with Crippen molar-refractivity contribution in [2.45, 2.75) is 25.5 Å². The molecular weight excluding hydrogens is 584 g/mol. The highest BCUT2D eigenvalue weighted by atomic mass is 35.5. The van der Waals surface area contributed by atoms with E-state index in [1.54, 1.807) is 4.90 Å². The van der Waals surface area contributed by atoms with E-state index in [0.29, 0.717) is 17.3 Å². The van der Waals surface area contributed by atoms with Crippen molar-refractivity contribution in [3.63, 3.8) is 0 Å². The lowest BCUT2D eigenvalue weighted by atomic mass is 10.2. The monoisotopic (exact) mass is 609 g/mol. The molecule has 1 aliphatic heterocycles. The zero-order chi connectivity index (χ0) is 29.5. The minimum atomic E-state index is -3.79. The summed E-state index contributed by atoms with van der Waals surface area (Å²) in [6.45, 7) is 2.91. The SMILES string of the molecule is CC1(COc2c(N3CCN(S(=O)(=O)Cc4ccc([N+](=O)[O-])c(Cl)c4)CC3)cnn(-c3cc(F)cc(F)c3)c2=O)CC1. The van der Waals surface area contributed by atoms with Crippen molar-refractivity contribution in [1.29, 1.82) is 0 Å². The number of anilines is 1. The lowest BCUT2D eigenvalue weighted by Crippen LogP contribution is -2.49. The standard InChI is InChI=1S/C26H26ClF2N5O6S/c1-26(4-5-26)16-40-24-23(14-30-33(25(24)35)20-12-18(28)11-19(29)13-20)31-6-8-32(9-7-31)41(38,39)15-17-2-3-22(34(36)37)21(27)10-17/h2-3,10-14H,4-9,15-16H2,1H3. The number of sulfonamides is 1. The smallest absolute Gasteiger partial charge is 0.316 e. The van der Waals surface area contributed by atoms with E-state index in [-0.39, 0.29) is 66.1 Å². The third-order valence-electron chi connectivity index (χ3n) is 7.21. The molecule has 0 bridgehead atoms. The molecule has 3 aromatic rings. The van der Waals surface area contributed by atoms with Crippen LogP contribution in [0.25, 0.3) is 5.69 Å². The molecule has 0 radical (unpaired) electrons. The molecule has 15 heteroatoms. The van der Waals surface area contributed by atoms with Gasteiger partial charge in [0.2, 0.25) is 15.8 Å². The van der Waals surface area contributed by atoms with E-state index >= 15 is 0 Å². The van der Waals surface area contributed by atoms with Gasteiger partial charge in [-0.05, 0) is 36.6 Å². The summed E-state index contributed by atoms with van der Waals surface area (Å²) in [5.74, 6) is -2.15. The third kappa shape index (κ3) is 6.34. The number of benzene rings is 2. The number of rotatable bonds is 9. The summed E-state index contributed by atoms with van der Waals surface area (Å²) in [5, 5.41) is 15.0. The van der Waals surface area contributed by atoms with Gasteiger partial charge < -0.3 is 9.64 Å². The van der Waals surface area contributed by atoms with Crippen LogP contribution in [0.3, 0.4) is 0 Å².